The summed E-state index contributed by atoms with van der Waals surface area (Å²) in [4.78, 5) is 60.8. The number of alkyl halides is 1. The summed E-state index contributed by atoms with van der Waals surface area (Å²) < 4.78 is 5.29. The average Bonchev–Trinajstić information content (AvgIpc) is 2.85. The molecule has 1 aromatic rings. The number of benzene rings is 1. The fourth-order valence-electron chi connectivity index (χ4n) is 3.14. The Labute approximate surface area is 230 Å². The monoisotopic (exact) mass is 552 g/mol. The van der Waals surface area contributed by atoms with Crippen molar-refractivity contribution < 1.29 is 28.7 Å². The van der Waals surface area contributed by atoms with Gasteiger partial charge in [-0.05, 0) is 64.2 Å². The van der Waals surface area contributed by atoms with E-state index in [0.29, 0.717) is 25.1 Å². The van der Waals surface area contributed by atoms with Crippen molar-refractivity contribution >= 4 is 46.9 Å². The van der Waals surface area contributed by atoms with Gasteiger partial charge in [-0.1, -0.05) is 26.0 Å². The Morgan fingerprint density at radius 1 is 0.895 bits per heavy atom. The number of carbonyl (C=O) groups excluding carboxylic acids is 5. The van der Waals surface area contributed by atoms with Gasteiger partial charge >= 0.3 is 5.97 Å². The summed E-state index contributed by atoms with van der Waals surface area (Å²) in [6, 6.07) is 5.20. The maximum absolute atomic E-state index is 12.8. The van der Waals surface area contributed by atoms with Gasteiger partial charge < -0.3 is 26.0 Å². The summed E-state index contributed by atoms with van der Waals surface area (Å²) >= 11 is 5.41. The first-order valence-electron chi connectivity index (χ1n) is 12.7. The van der Waals surface area contributed by atoms with Gasteiger partial charge in [-0.3, -0.25) is 24.0 Å². The van der Waals surface area contributed by atoms with Crippen molar-refractivity contribution in [3.63, 3.8) is 0 Å². The molecule has 4 N–H and O–H groups in total. The van der Waals surface area contributed by atoms with Gasteiger partial charge in [0.15, 0.2) is 0 Å². The van der Waals surface area contributed by atoms with Crippen LogP contribution < -0.4 is 21.3 Å². The molecule has 0 bridgehead atoms. The first-order chi connectivity index (χ1) is 17.7. The smallest absolute Gasteiger partial charge is 0.311 e. The van der Waals surface area contributed by atoms with Gasteiger partial charge in [0.25, 0.3) is 0 Å². The molecule has 38 heavy (non-hydrogen) atoms. The van der Waals surface area contributed by atoms with Crippen LogP contribution in [0.3, 0.4) is 0 Å². The molecule has 10 nitrogen and oxygen atoms in total. The van der Waals surface area contributed by atoms with Gasteiger partial charge in [0.2, 0.25) is 23.6 Å². The van der Waals surface area contributed by atoms with Crippen LogP contribution in [0.25, 0.3) is 0 Å². The van der Waals surface area contributed by atoms with Crippen LogP contribution >= 0.6 is 11.6 Å². The van der Waals surface area contributed by atoms with Gasteiger partial charge in [-0.15, -0.1) is 11.6 Å². The second kappa shape index (κ2) is 16.0. The van der Waals surface area contributed by atoms with E-state index >= 15 is 0 Å². The molecular formula is C27H41ClN4O6. The van der Waals surface area contributed by atoms with Crippen LogP contribution in [0.4, 0.5) is 5.69 Å². The Hall–Kier alpha value is -3.14. The zero-order chi connectivity index (χ0) is 28.9. The number of nitrogens with one attached hydrogen (secondary N) is 4. The number of hydrogen-bond donors (Lipinski definition) is 4. The maximum atomic E-state index is 12.8. The SMILES string of the molecule is CC(C)C(NC(=O)CCCCNC(=O)CCl)C(=O)N[C@@H](C)C(=O)Nc1ccc(COC(=O)C(C)(C)C)cc1. The Morgan fingerprint density at radius 2 is 1.53 bits per heavy atom. The fourth-order valence-corrected chi connectivity index (χ4v) is 3.23. The van der Waals surface area contributed by atoms with Crippen LogP contribution in [0.2, 0.25) is 0 Å². The molecule has 1 aromatic carbocycles. The highest BCUT2D eigenvalue weighted by Gasteiger charge is 2.27. The molecule has 0 aliphatic heterocycles. The molecule has 0 fully saturated rings. The van der Waals surface area contributed by atoms with Crippen molar-refractivity contribution in [1.82, 2.24) is 16.0 Å². The molecule has 4 amide bonds. The lowest BCUT2D eigenvalue weighted by Gasteiger charge is -2.24. The Bertz CT molecular complexity index is 959. The van der Waals surface area contributed by atoms with Gasteiger partial charge in [0, 0.05) is 18.7 Å². The van der Waals surface area contributed by atoms with E-state index in [1.165, 1.54) is 0 Å². The summed E-state index contributed by atoms with van der Waals surface area (Å²) in [6.45, 7) is 11.1. The molecule has 0 aliphatic carbocycles. The van der Waals surface area contributed by atoms with Crippen molar-refractivity contribution in [1.29, 1.82) is 0 Å². The van der Waals surface area contributed by atoms with E-state index in [1.54, 1.807) is 65.8 Å². The zero-order valence-electron chi connectivity index (χ0n) is 23.1. The van der Waals surface area contributed by atoms with Crippen LogP contribution in [0.15, 0.2) is 24.3 Å². The molecule has 0 spiro atoms. The van der Waals surface area contributed by atoms with Gasteiger partial charge in [0.05, 0.1) is 5.41 Å². The van der Waals surface area contributed by atoms with Crippen LogP contribution in [0.5, 0.6) is 0 Å². The number of carbonyl (C=O) groups is 5. The quantitative estimate of drug-likeness (QED) is 0.159. The molecule has 1 unspecified atom stereocenters. The summed E-state index contributed by atoms with van der Waals surface area (Å²) in [5.41, 5.74) is 0.714. The number of halogens is 1. The van der Waals surface area contributed by atoms with E-state index in [1.807, 2.05) is 0 Å². The lowest BCUT2D eigenvalue weighted by atomic mass is 9.97. The largest absolute Gasteiger partial charge is 0.460 e. The molecule has 0 heterocycles. The van der Waals surface area contributed by atoms with Crippen LogP contribution in [0, 0.1) is 11.3 Å². The average molecular weight is 553 g/mol. The molecule has 0 radical (unpaired) electrons. The number of hydrogen-bond acceptors (Lipinski definition) is 6. The van der Waals surface area contributed by atoms with Crippen molar-refractivity contribution in [2.75, 3.05) is 17.7 Å². The molecule has 0 aliphatic rings. The standard InChI is InChI=1S/C27H41ClN4O6/c1-17(2)23(32-21(33)9-7-8-14-29-22(34)15-28)25(36)30-18(3)24(35)31-20-12-10-19(11-13-20)16-38-26(37)27(4,5)6/h10-13,17-18,23H,7-9,14-16H2,1-6H3,(H,29,34)(H,30,36)(H,31,35)(H,32,33)/t18-,23?/m0/s1. The fraction of sp³-hybridized carbons (Fsp3) is 0.593. The van der Waals surface area contributed by atoms with Crippen molar-refractivity contribution in [2.24, 2.45) is 11.3 Å². The topological polar surface area (TPSA) is 143 Å². The van der Waals surface area contributed by atoms with E-state index in [9.17, 15) is 24.0 Å². The van der Waals surface area contributed by atoms with E-state index in [0.717, 1.165) is 5.56 Å². The normalized spacial score (nSPS) is 12.7. The second-order valence-electron chi connectivity index (χ2n) is 10.5. The van der Waals surface area contributed by atoms with E-state index in [2.05, 4.69) is 21.3 Å². The predicted octanol–water partition coefficient (Wildman–Crippen LogP) is 2.89. The molecule has 0 aromatic heterocycles. The van der Waals surface area contributed by atoms with Gasteiger partial charge in [-0.25, -0.2) is 0 Å². The number of anilines is 1. The highest BCUT2D eigenvalue weighted by atomic mass is 35.5. The summed E-state index contributed by atoms with van der Waals surface area (Å²) in [7, 11) is 0. The number of rotatable bonds is 14. The highest BCUT2D eigenvalue weighted by molar-refractivity contribution is 6.27. The summed E-state index contributed by atoms with van der Waals surface area (Å²) in [6.07, 6.45) is 1.35. The Balaban J connectivity index is 2.54. The predicted molar refractivity (Wildman–Crippen MR) is 146 cm³/mol. The second-order valence-corrected chi connectivity index (χ2v) is 10.7. The van der Waals surface area contributed by atoms with E-state index < -0.39 is 29.3 Å². The third-order valence-electron chi connectivity index (χ3n) is 5.50. The lowest BCUT2D eigenvalue weighted by molar-refractivity contribution is -0.154. The highest BCUT2D eigenvalue weighted by Crippen LogP contribution is 2.17. The third-order valence-corrected chi connectivity index (χ3v) is 5.74. The summed E-state index contributed by atoms with van der Waals surface area (Å²) in [5.74, 6) is -2.03. The third kappa shape index (κ3) is 12.4. The summed E-state index contributed by atoms with van der Waals surface area (Å²) in [5, 5.41) is 10.8. The number of esters is 1. The van der Waals surface area contributed by atoms with Crippen molar-refractivity contribution in [3.05, 3.63) is 29.8 Å². The van der Waals surface area contributed by atoms with Gasteiger partial charge in [-0.2, -0.15) is 0 Å². The van der Waals surface area contributed by atoms with E-state index in [-0.39, 0.29) is 42.6 Å². The Morgan fingerprint density at radius 3 is 2.08 bits per heavy atom. The van der Waals surface area contributed by atoms with Gasteiger partial charge in [0.1, 0.15) is 24.6 Å². The van der Waals surface area contributed by atoms with Crippen LogP contribution in [0.1, 0.15) is 66.4 Å². The number of amides is 4. The number of ether oxygens (including phenoxy) is 1. The van der Waals surface area contributed by atoms with Crippen LogP contribution in [-0.2, 0) is 35.3 Å². The molecule has 0 saturated heterocycles. The molecule has 1 rings (SSSR count). The molecule has 2 atom stereocenters. The molecule has 0 saturated carbocycles. The minimum Gasteiger partial charge on any atom is -0.460 e. The van der Waals surface area contributed by atoms with Crippen molar-refractivity contribution in [3.8, 4) is 0 Å². The maximum Gasteiger partial charge on any atom is 0.311 e. The molecule has 212 valence electrons. The molecular weight excluding hydrogens is 512 g/mol. The minimum absolute atomic E-state index is 0.106. The first kappa shape index (κ1) is 32.9. The Kier molecular flexibility index (Phi) is 13.8. The van der Waals surface area contributed by atoms with Crippen LogP contribution in [-0.4, -0.2) is 54.1 Å². The van der Waals surface area contributed by atoms with E-state index in [4.69, 9.17) is 16.3 Å². The van der Waals surface area contributed by atoms with Crippen molar-refractivity contribution in [2.45, 2.75) is 79.5 Å². The lowest BCUT2D eigenvalue weighted by Crippen LogP contribution is -2.53. The zero-order valence-corrected chi connectivity index (χ0v) is 23.9. The minimum atomic E-state index is -0.849. The molecule has 11 heteroatoms. The first-order valence-corrected chi connectivity index (χ1v) is 13.3. The number of unbranched alkanes of at least 4 members (excludes halogenated alkanes) is 1.